The predicted octanol–water partition coefficient (Wildman–Crippen LogP) is 0.847. The molecule has 7 heteroatoms. The average Bonchev–Trinajstić information content (AvgIpc) is 3.44. The van der Waals surface area contributed by atoms with Crippen molar-refractivity contribution in [2.24, 2.45) is 0 Å². The molecule has 0 radical (unpaired) electrons. The quantitative estimate of drug-likeness (QED) is 0.833. The van der Waals surface area contributed by atoms with E-state index < -0.39 is 5.60 Å². The first-order valence-corrected chi connectivity index (χ1v) is 8.55. The molecule has 0 aromatic carbocycles. The SMILES string of the molecule is CNC(=O)CC[C@@]1(O)CCCN(C(=O)c2cnc(C3CC3)nc2)C1. The highest BCUT2D eigenvalue weighted by Crippen LogP contribution is 2.37. The highest BCUT2D eigenvalue weighted by molar-refractivity contribution is 5.93. The summed E-state index contributed by atoms with van der Waals surface area (Å²) in [6.07, 6.45) is 7.35. The third kappa shape index (κ3) is 3.90. The van der Waals surface area contributed by atoms with Crippen molar-refractivity contribution in [2.45, 2.75) is 50.0 Å². The van der Waals surface area contributed by atoms with Crippen LogP contribution in [0.25, 0.3) is 0 Å². The Balaban J connectivity index is 1.62. The van der Waals surface area contributed by atoms with Crippen molar-refractivity contribution < 1.29 is 14.7 Å². The van der Waals surface area contributed by atoms with Crippen molar-refractivity contribution in [1.82, 2.24) is 20.2 Å². The van der Waals surface area contributed by atoms with Crippen LogP contribution in [0.5, 0.6) is 0 Å². The van der Waals surface area contributed by atoms with Gasteiger partial charge in [-0.25, -0.2) is 9.97 Å². The molecule has 2 fully saturated rings. The lowest BCUT2D eigenvalue weighted by Crippen LogP contribution is -2.50. The van der Waals surface area contributed by atoms with Gasteiger partial charge in [-0.15, -0.1) is 0 Å². The fraction of sp³-hybridized carbons (Fsp3) is 0.647. The normalized spacial score (nSPS) is 23.8. The van der Waals surface area contributed by atoms with Gasteiger partial charge in [0, 0.05) is 44.9 Å². The molecular weight excluding hydrogens is 308 g/mol. The van der Waals surface area contributed by atoms with Crippen LogP contribution in [0.15, 0.2) is 12.4 Å². The molecule has 0 spiro atoms. The first-order chi connectivity index (χ1) is 11.5. The van der Waals surface area contributed by atoms with Gasteiger partial charge in [0.2, 0.25) is 5.91 Å². The number of piperidine rings is 1. The highest BCUT2D eigenvalue weighted by atomic mass is 16.3. The minimum absolute atomic E-state index is 0.101. The number of nitrogens with zero attached hydrogens (tertiary/aromatic N) is 3. The fourth-order valence-corrected chi connectivity index (χ4v) is 3.14. The van der Waals surface area contributed by atoms with Gasteiger partial charge in [0.05, 0.1) is 11.2 Å². The molecule has 2 aliphatic rings. The predicted molar refractivity (Wildman–Crippen MR) is 87.4 cm³/mol. The van der Waals surface area contributed by atoms with Crippen molar-refractivity contribution >= 4 is 11.8 Å². The molecule has 24 heavy (non-hydrogen) atoms. The summed E-state index contributed by atoms with van der Waals surface area (Å²) in [4.78, 5) is 34.3. The summed E-state index contributed by atoms with van der Waals surface area (Å²) < 4.78 is 0. The highest BCUT2D eigenvalue weighted by Gasteiger charge is 2.36. The van der Waals surface area contributed by atoms with Crippen LogP contribution in [0.2, 0.25) is 0 Å². The first kappa shape index (κ1) is 16.8. The Bertz CT molecular complexity index is 615. The third-order valence-electron chi connectivity index (χ3n) is 4.80. The molecule has 2 heterocycles. The molecule has 3 rings (SSSR count). The molecule has 1 saturated carbocycles. The van der Waals surface area contributed by atoms with Crippen molar-refractivity contribution in [1.29, 1.82) is 0 Å². The van der Waals surface area contributed by atoms with E-state index in [1.807, 2.05) is 0 Å². The Morgan fingerprint density at radius 1 is 1.38 bits per heavy atom. The van der Waals surface area contributed by atoms with Crippen LogP contribution in [0, 0.1) is 0 Å². The zero-order chi connectivity index (χ0) is 17.2. The maximum absolute atomic E-state index is 12.6. The van der Waals surface area contributed by atoms with Crippen molar-refractivity contribution in [3.63, 3.8) is 0 Å². The molecule has 0 unspecified atom stereocenters. The Hall–Kier alpha value is -2.02. The standard InChI is InChI=1S/C17H24N4O3/c1-18-14(22)5-7-17(24)6-2-8-21(11-17)16(23)13-9-19-15(20-10-13)12-3-4-12/h9-10,12,24H,2-8,11H2,1H3,(H,18,22)/t17-/m0/s1. The second-order valence-electron chi connectivity index (χ2n) is 6.83. The number of aliphatic hydroxyl groups is 1. The number of carbonyl (C=O) groups excluding carboxylic acids is 2. The second-order valence-corrected chi connectivity index (χ2v) is 6.83. The van der Waals surface area contributed by atoms with Gasteiger partial charge in [-0.1, -0.05) is 0 Å². The lowest BCUT2D eigenvalue weighted by atomic mass is 9.88. The first-order valence-electron chi connectivity index (χ1n) is 8.55. The van der Waals surface area contributed by atoms with Crippen LogP contribution in [0.3, 0.4) is 0 Å². The largest absolute Gasteiger partial charge is 0.388 e. The molecule has 1 aromatic rings. The molecule has 7 nitrogen and oxygen atoms in total. The maximum atomic E-state index is 12.6. The lowest BCUT2D eigenvalue weighted by molar-refractivity contribution is -0.122. The summed E-state index contributed by atoms with van der Waals surface area (Å²) in [6.45, 7) is 0.846. The lowest BCUT2D eigenvalue weighted by Gasteiger charge is -2.39. The van der Waals surface area contributed by atoms with Crippen LogP contribution in [-0.4, -0.2) is 57.5 Å². The van der Waals surface area contributed by atoms with E-state index >= 15 is 0 Å². The van der Waals surface area contributed by atoms with Crippen LogP contribution >= 0.6 is 0 Å². The monoisotopic (exact) mass is 332 g/mol. The summed E-state index contributed by atoms with van der Waals surface area (Å²) in [5.41, 5.74) is -0.551. The molecule has 130 valence electrons. The van der Waals surface area contributed by atoms with Gasteiger partial charge in [0.25, 0.3) is 5.91 Å². The average molecular weight is 332 g/mol. The van der Waals surface area contributed by atoms with Crippen LogP contribution in [0.1, 0.15) is 60.6 Å². The summed E-state index contributed by atoms with van der Waals surface area (Å²) in [5.74, 6) is 1.01. The number of aromatic nitrogens is 2. The Kier molecular flexibility index (Phi) is 4.80. The van der Waals surface area contributed by atoms with E-state index in [2.05, 4.69) is 15.3 Å². The zero-order valence-electron chi connectivity index (χ0n) is 14.0. The Labute approximate surface area is 141 Å². The van der Waals surface area contributed by atoms with Gasteiger partial charge >= 0.3 is 0 Å². The fourth-order valence-electron chi connectivity index (χ4n) is 3.14. The van der Waals surface area contributed by atoms with Crippen molar-refractivity contribution in [2.75, 3.05) is 20.1 Å². The topological polar surface area (TPSA) is 95.4 Å². The molecule has 1 aromatic heterocycles. The van der Waals surface area contributed by atoms with Gasteiger partial charge in [-0.2, -0.15) is 0 Å². The van der Waals surface area contributed by atoms with E-state index in [-0.39, 0.29) is 24.8 Å². The molecular formula is C17H24N4O3. The van der Waals surface area contributed by atoms with Gasteiger partial charge in [-0.05, 0) is 32.1 Å². The number of hydrogen-bond acceptors (Lipinski definition) is 5. The number of rotatable bonds is 5. The summed E-state index contributed by atoms with van der Waals surface area (Å²) in [5, 5.41) is 13.3. The Morgan fingerprint density at radius 3 is 2.71 bits per heavy atom. The number of nitrogens with one attached hydrogen (secondary N) is 1. The number of likely N-dealkylation sites (tertiary alicyclic amines) is 1. The third-order valence-corrected chi connectivity index (χ3v) is 4.80. The number of amides is 2. The summed E-state index contributed by atoms with van der Waals surface area (Å²) in [7, 11) is 1.58. The number of hydrogen-bond donors (Lipinski definition) is 2. The molecule has 1 atom stereocenters. The van der Waals surface area contributed by atoms with Crippen molar-refractivity contribution in [3.8, 4) is 0 Å². The van der Waals surface area contributed by atoms with E-state index in [0.717, 1.165) is 25.1 Å². The van der Waals surface area contributed by atoms with E-state index in [0.29, 0.717) is 30.9 Å². The van der Waals surface area contributed by atoms with Crippen LogP contribution in [0.4, 0.5) is 0 Å². The number of carbonyl (C=O) groups is 2. The zero-order valence-corrected chi connectivity index (χ0v) is 14.0. The summed E-state index contributed by atoms with van der Waals surface area (Å²) >= 11 is 0. The smallest absolute Gasteiger partial charge is 0.257 e. The van der Waals surface area contributed by atoms with E-state index in [9.17, 15) is 14.7 Å². The molecule has 1 saturated heterocycles. The summed E-state index contributed by atoms with van der Waals surface area (Å²) in [6, 6.07) is 0. The molecule has 2 amide bonds. The van der Waals surface area contributed by atoms with E-state index in [1.54, 1.807) is 24.3 Å². The van der Waals surface area contributed by atoms with E-state index in [1.165, 1.54) is 0 Å². The Morgan fingerprint density at radius 2 is 2.08 bits per heavy atom. The molecule has 1 aliphatic carbocycles. The number of β-amino-alcohol motifs (C(OH)–C–C–N with tert-alkyl or cyclic N) is 1. The van der Waals surface area contributed by atoms with Crippen LogP contribution < -0.4 is 5.32 Å². The van der Waals surface area contributed by atoms with Gasteiger partial charge in [0.1, 0.15) is 5.82 Å². The minimum Gasteiger partial charge on any atom is -0.388 e. The van der Waals surface area contributed by atoms with Crippen molar-refractivity contribution in [3.05, 3.63) is 23.8 Å². The van der Waals surface area contributed by atoms with Gasteiger partial charge in [-0.3, -0.25) is 9.59 Å². The second kappa shape index (κ2) is 6.84. The van der Waals surface area contributed by atoms with Gasteiger partial charge < -0.3 is 15.3 Å². The molecule has 0 bridgehead atoms. The van der Waals surface area contributed by atoms with E-state index in [4.69, 9.17) is 0 Å². The molecule has 1 aliphatic heterocycles. The minimum atomic E-state index is -1.00. The van der Waals surface area contributed by atoms with Crippen LogP contribution in [-0.2, 0) is 4.79 Å². The molecule has 2 N–H and O–H groups in total. The maximum Gasteiger partial charge on any atom is 0.257 e. The van der Waals surface area contributed by atoms with Gasteiger partial charge in [0.15, 0.2) is 0 Å².